The Hall–Kier alpha value is -0.231. The van der Waals surface area contributed by atoms with Crippen LogP contribution in [0.5, 0.6) is 0 Å². The van der Waals surface area contributed by atoms with Gasteiger partial charge in [-0.2, -0.15) is 0 Å². The number of hydrogen-bond donors (Lipinski definition) is 0. The first-order valence-electron chi connectivity index (χ1n) is 6.46. The van der Waals surface area contributed by atoms with E-state index in [0.29, 0.717) is 5.11 Å². The molecular formula is C13H20Cl2CuN4S. The summed E-state index contributed by atoms with van der Waals surface area (Å²) >= 11 is 5.14. The van der Waals surface area contributed by atoms with Gasteiger partial charge in [-0.1, -0.05) is 19.9 Å². The van der Waals surface area contributed by atoms with Crippen molar-refractivity contribution in [3.8, 4) is 0 Å². The molecule has 0 N–H and O–H groups in total. The van der Waals surface area contributed by atoms with Gasteiger partial charge in [-0.3, -0.25) is 4.98 Å². The van der Waals surface area contributed by atoms with Gasteiger partial charge in [0.05, 0.1) is 5.69 Å². The average Bonchev–Trinajstić information content (AvgIpc) is 2.49. The molecule has 0 aliphatic heterocycles. The molecule has 0 aromatic carbocycles. The van der Waals surface area contributed by atoms with Crippen LogP contribution in [0.2, 0.25) is 0 Å². The fourth-order valence-electron chi connectivity index (χ4n) is 1.51. The second kappa shape index (κ2) is 14.7. The number of thiol groups is 1. The molecule has 0 saturated carbocycles. The van der Waals surface area contributed by atoms with E-state index in [1.54, 1.807) is 12.4 Å². The number of aromatic nitrogens is 1. The van der Waals surface area contributed by atoms with Gasteiger partial charge in [0.25, 0.3) is 0 Å². The van der Waals surface area contributed by atoms with Gasteiger partial charge in [0, 0.05) is 25.5 Å². The van der Waals surface area contributed by atoms with E-state index in [4.69, 9.17) is 0 Å². The topological polar surface area (TPSA) is 42.6 Å². The Balaban J connectivity index is 0.00000122. The van der Waals surface area contributed by atoms with Gasteiger partial charge in [0.1, 0.15) is 0 Å². The molecule has 8 heteroatoms. The average molecular weight is 399 g/mol. The normalized spacial score (nSPS) is 10.5. The molecule has 0 aliphatic rings. The van der Waals surface area contributed by atoms with Crippen LogP contribution >= 0.6 is 20.2 Å². The van der Waals surface area contributed by atoms with Crippen LogP contribution in [-0.4, -0.2) is 34.3 Å². The van der Waals surface area contributed by atoms with Crippen molar-refractivity contribution in [2.24, 2.45) is 5.10 Å². The van der Waals surface area contributed by atoms with Crippen molar-refractivity contribution < 1.29 is 13.1 Å². The Labute approximate surface area is 146 Å². The van der Waals surface area contributed by atoms with Crippen LogP contribution in [-0.2, 0) is 25.4 Å². The summed E-state index contributed by atoms with van der Waals surface area (Å²) in [5.74, 6) is 0. The molecule has 1 aromatic rings. The molecule has 0 aliphatic carbocycles. The van der Waals surface area contributed by atoms with Gasteiger partial charge in [-0.15, -0.1) is 0 Å². The van der Waals surface area contributed by atoms with Crippen molar-refractivity contribution in [2.75, 3.05) is 13.1 Å². The summed E-state index contributed by atoms with van der Waals surface area (Å²) in [6, 6.07) is 5.67. The van der Waals surface area contributed by atoms with Crippen molar-refractivity contribution in [2.45, 2.75) is 26.7 Å². The molecule has 0 amide bonds. The maximum atomic E-state index is 4.67. The third kappa shape index (κ3) is 11.0. The molecule has 0 spiro atoms. The fourth-order valence-corrected chi connectivity index (χ4v) is 1.76. The monoisotopic (exact) mass is 397 g/mol. The molecule has 1 aromatic heterocycles. The van der Waals surface area contributed by atoms with Crippen LogP contribution in [0.3, 0.4) is 0 Å². The molecule has 1 rings (SSSR count). The van der Waals surface area contributed by atoms with Crippen molar-refractivity contribution in [1.82, 2.24) is 9.88 Å². The summed E-state index contributed by atoms with van der Waals surface area (Å²) in [5, 5.41) is 4.67. The zero-order chi connectivity index (χ0) is 15.9. The van der Waals surface area contributed by atoms with E-state index in [9.17, 15) is 0 Å². The van der Waals surface area contributed by atoms with E-state index in [2.05, 4.69) is 66.7 Å². The Bertz CT molecular complexity index is 400. The first-order valence-corrected chi connectivity index (χ1v) is 9.50. The zero-order valence-electron chi connectivity index (χ0n) is 12.0. The summed E-state index contributed by atoms with van der Waals surface area (Å²) in [5.41, 5.74) is 4.88. The van der Waals surface area contributed by atoms with E-state index in [-0.39, 0.29) is 0 Å². The summed E-state index contributed by atoms with van der Waals surface area (Å²) in [7, 11) is 9.34. The molecular weight excluding hydrogens is 379 g/mol. The first kappa shape index (κ1) is 20.8. The SMILES string of the molecule is CCCN(CCC)C(=[SH+])[N-]N=Cc1ccccn1.[Cl][Cu][Cl]. The Kier molecular flexibility index (Phi) is 14.5. The fraction of sp³-hybridized carbons (Fsp3) is 0.462. The summed E-state index contributed by atoms with van der Waals surface area (Å²) in [6.07, 6.45) is 5.51. The number of hydrogen-bond acceptors (Lipinski definition) is 2. The van der Waals surface area contributed by atoms with E-state index < -0.39 is 0 Å². The molecule has 1 heterocycles. The molecule has 0 bridgehead atoms. The summed E-state index contributed by atoms with van der Waals surface area (Å²) in [6.45, 7) is 6.19. The molecule has 0 atom stereocenters. The quantitative estimate of drug-likeness (QED) is 0.183. The van der Waals surface area contributed by atoms with Gasteiger partial charge in [-0.25, -0.2) is 4.90 Å². The van der Waals surface area contributed by atoms with E-state index >= 15 is 0 Å². The van der Waals surface area contributed by atoms with Crippen molar-refractivity contribution >= 4 is 43.7 Å². The van der Waals surface area contributed by atoms with Crippen LogP contribution < -0.4 is 0 Å². The predicted molar refractivity (Wildman–Crippen MR) is 92.8 cm³/mol. The minimum atomic E-state index is 0.658. The van der Waals surface area contributed by atoms with Crippen molar-refractivity contribution in [3.05, 3.63) is 35.5 Å². The van der Waals surface area contributed by atoms with Gasteiger partial charge < -0.3 is 10.5 Å². The number of nitrogens with zero attached hydrogens (tertiary/aromatic N) is 4. The van der Waals surface area contributed by atoms with Crippen molar-refractivity contribution in [3.63, 3.8) is 0 Å². The van der Waals surface area contributed by atoms with Gasteiger partial charge in [0.15, 0.2) is 17.3 Å². The molecule has 0 fully saturated rings. The Morgan fingerprint density at radius 1 is 1.38 bits per heavy atom. The second-order valence-electron chi connectivity index (χ2n) is 3.93. The van der Waals surface area contributed by atoms with E-state index in [1.165, 1.54) is 0 Å². The van der Waals surface area contributed by atoms with Crippen molar-refractivity contribution in [1.29, 1.82) is 0 Å². The standard InChI is InChI=1S/C13H20N4S.2ClH.Cu/c1-3-9-17(10-4-2)13(18)16-15-11-12-7-5-6-8-14-12;;;/h5-8,11H,3-4,9-10H2,1-2H3,(H,14,16,18);2*1H;/q;;;+2/p-2. The number of pyridine rings is 1. The minimum absolute atomic E-state index is 0.658. The van der Waals surface area contributed by atoms with E-state index in [1.807, 2.05) is 18.2 Å². The molecule has 0 radical (unpaired) electrons. The molecule has 0 saturated heterocycles. The summed E-state index contributed by atoms with van der Waals surface area (Å²) in [4.78, 5) is 6.26. The van der Waals surface area contributed by atoms with E-state index in [0.717, 1.165) is 44.8 Å². The number of halogens is 2. The molecule has 0 unspecified atom stereocenters. The van der Waals surface area contributed by atoms with Crippen LogP contribution in [0.1, 0.15) is 32.4 Å². The third-order valence-corrected chi connectivity index (χ3v) is 2.67. The van der Waals surface area contributed by atoms with Crippen LogP contribution in [0.4, 0.5) is 0 Å². The van der Waals surface area contributed by atoms with Crippen LogP contribution in [0.25, 0.3) is 5.43 Å². The predicted octanol–water partition coefficient (Wildman–Crippen LogP) is 3.65. The van der Waals surface area contributed by atoms with Gasteiger partial charge in [-0.05, 0) is 25.0 Å². The molecule has 123 valence electrons. The molecule has 21 heavy (non-hydrogen) atoms. The maximum absolute atomic E-state index is 4.67. The second-order valence-corrected chi connectivity index (χ2v) is 5.88. The van der Waals surface area contributed by atoms with Crippen LogP contribution in [0.15, 0.2) is 29.5 Å². The zero-order valence-corrected chi connectivity index (χ0v) is 15.4. The Morgan fingerprint density at radius 3 is 2.48 bits per heavy atom. The number of rotatable bonds is 6. The Morgan fingerprint density at radius 2 is 2.00 bits per heavy atom. The summed E-state index contributed by atoms with van der Waals surface area (Å²) < 4.78 is 0. The third-order valence-electron chi connectivity index (χ3n) is 2.29. The van der Waals surface area contributed by atoms with Gasteiger partial charge >= 0.3 is 33.3 Å². The van der Waals surface area contributed by atoms with Gasteiger partial charge in [0.2, 0.25) is 0 Å². The van der Waals surface area contributed by atoms with Crippen LogP contribution in [0, 0.1) is 0 Å². The first-order chi connectivity index (χ1) is 10.2. The molecule has 4 nitrogen and oxygen atoms in total.